The fourth-order valence-electron chi connectivity index (χ4n) is 14.3. The second-order valence-corrected chi connectivity index (χ2v) is 21.8. The van der Waals surface area contributed by atoms with Crippen molar-refractivity contribution in [3.63, 3.8) is 0 Å². The van der Waals surface area contributed by atoms with Crippen LogP contribution in [0.3, 0.4) is 0 Å². The smallest absolute Gasteiger partial charge is 0.0725 e. The Morgan fingerprint density at radius 1 is 0.474 bits per heavy atom. The molecule has 0 aliphatic heterocycles. The highest BCUT2D eigenvalue weighted by Crippen LogP contribution is 2.63. The Bertz CT molecular complexity index is 4640. The van der Waals surface area contributed by atoms with Crippen LogP contribution in [0, 0.1) is 5.92 Å². The van der Waals surface area contributed by atoms with Gasteiger partial charge < -0.3 is 14.0 Å². The average molecular weight is 972 g/mol. The summed E-state index contributed by atoms with van der Waals surface area (Å²) in [5.41, 5.74) is 20.6. The van der Waals surface area contributed by atoms with Crippen LogP contribution in [0.5, 0.6) is 0 Å². The monoisotopic (exact) mass is 971 g/mol. The van der Waals surface area contributed by atoms with E-state index in [1.165, 1.54) is 110 Å². The van der Waals surface area contributed by atoms with Crippen LogP contribution in [0.1, 0.15) is 54.5 Å². The minimum Gasteiger partial charge on any atom is -0.332 e. The van der Waals surface area contributed by atoms with E-state index in [4.69, 9.17) is 0 Å². The lowest BCUT2D eigenvalue weighted by Gasteiger charge is -2.42. The fraction of sp³-hybridized carbons (Fsp3) is 0.0959. The van der Waals surface area contributed by atoms with Gasteiger partial charge in [0.2, 0.25) is 0 Å². The van der Waals surface area contributed by atoms with Gasteiger partial charge in [-0.3, -0.25) is 0 Å². The van der Waals surface area contributed by atoms with E-state index in [1.54, 1.807) is 0 Å². The SMILES string of the molecule is CC1CC=CC=C1c1ccc2c(c1)-c1ccccc1C21c2ccccc2-c2cc(N(c3ccc4c5ccccc5n(-c5ccccc5)c4c3)C3(C)C=c4c(c5ccccc5n4-c4ccc5ccccc5c4)=CC3)ccc21. The molecule has 2 heterocycles. The van der Waals surface area contributed by atoms with Gasteiger partial charge in [0, 0.05) is 44.1 Å². The standard InChI is InChI=1S/C73H53N3/c1-47-18-6-9-23-55(47)50-33-38-66-62(43-50)56-24-10-14-28-64(56)73(66)65-29-15-11-25-57(65)63-44-53(36-39-67(63)73)76(54-35-37-60-58-26-12-16-30-68(58)74(70(60)45-54)51-21-4-3-5-22-51)72(2)41-40-61-59-27-13-17-31-69(59)75(71(61)46-72)52-34-32-48-19-7-8-20-49(48)42-52/h3-17,19-40,42-47H,18,41H2,1-2H3. The zero-order chi connectivity index (χ0) is 50.3. The van der Waals surface area contributed by atoms with Crippen LogP contribution >= 0.6 is 0 Å². The number of rotatable bonds is 6. The summed E-state index contributed by atoms with van der Waals surface area (Å²) in [6.07, 6.45) is 13.8. The van der Waals surface area contributed by atoms with Crippen LogP contribution in [0.15, 0.2) is 243 Å². The maximum atomic E-state index is 2.66. The highest BCUT2D eigenvalue weighted by atomic mass is 15.2. The Labute approximate surface area is 442 Å². The van der Waals surface area contributed by atoms with Crippen molar-refractivity contribution in [2.75, 3.05) is 4.90 Å². The van der Waals surface area contributed by atoms with E-state index < -0.39 is 11.0 Å². The van der Waals surface area contributed by atoms with E-state index in [1.807, 2.05) is 0 Å². The second kappa shape index (κ2) is 16.2. The molecule has 2 aromatic heterocycles. The van der Waals surface area contributed by atoms with Crippen molar-refractivity contribution in [1.82, 2.24) is 9.13 Å². The molecule has 3 atom stereocenters. The molecule has 10 aromatic carbocycles. The Hall–Kier alpha value is -9.18. The molecule has 0 bridgehead atoms. The van der Waals surface area contributed by atoms with Gasteiger partial charge in [-0.2, -0.15) is 0 Å². The molecular formula is C73H53N3. The van der Waals surface area contributed by atoms with Crippen LogP contribution in [0.2, 0.25) is 0 Å². The molecule has 1 spiro atoms. The summed E-state index contributed by atoms with van der Waals surface area (Å²) in [5.74, 6) is 0.472. The van der Waals surface area contributed by atoms with Gasteiger partial charge in [-0.15, -0.1) is 0 Å². The third-order valence-electron chi connectivity index (χ3n) is 17.6. The molecule has 0 saturated heterocycles. The van der Waals surface area contributed by atoms with Crippen LogP contribution in [0.4, 0.5) is 11.4 Å². The fourth-order valence-corrected chi connectivity index (χ4v) is 14.3. The van der Waals surface area contributed by atoms with Gasteiger partial charge in [-0.1, -0.05) is 189 Å². The largest absolute Gasteiger partial charge is 0.332 e. The van der Waals surface area contributed by atoms with Crippen LogP contribution in [-0.4, -0.2) is 14.7 Å². The molecule has 360 valence electrons. The molecule has 0 saturated carbocycles. The van der Waals surface area contributed by atoms with E-state index in [9.17, 15) is 0 Å². The second-order valence-electron chi connectivity index (χ2n) is 21.8. The molecule has 4 aliphatic carbocycles. The van der Waals surface area contributed by atoms with Crippen molar-refractivity contribution in [2.24, 2.45) is 5.92 Å². The van der Waals surface area contributed by atoms with Gasteiger partial charge in [-0.25, -0.2) is 0 Å². The summed E-state index contributed by atoms with van der Waals surface area (Å²) in [7, 11) is 0. The first-order valence-electron chi connectivity index (χ1n) is 27.0. The summed E-state index contributed by atoms with van der Waals surface area (Å²) in [5, 5.41) is 8.74. The molecule has 0 N–H and O–H groups in total. The number of para-hydroxylation sites is 3. The number of anilines is 2. The number of nitrogens with zero attached hydrogens (tertiary/aromatic N) is 3. The first-order valence-corrected chi connectivity index (χ1v) is 27.0. The number of allylic oxidation sites excluding steroid dienone is 4. The molecule has 0 radical (unpaired) electrons. The maximum absolute atomic E-state index is 2.66. The lowest BCUT2D eigenvalue weighted by molar-refractivity contribution is 0.614. The van der Waals surface area contributed by atoms with E-state index in [-0.39, 0.29) is 0 Å². The lowest BCUT2D eigenvalue weighted by atomic mass is 9.70. The van der Waals surface area contributed by atoms with Crippen molar-refractivity contribution >= 4 is 72.6 Å². The first-order chi connectivity index (χ1) is 37.5. The van der Waals surface area contributed by atoms with Gasteiger partial charge in [-0.05, 0) is 165 Å². The zero-order valence-electron chi connectivity index (χ0n) is 42.6. The Morgan fingerprint density at radius 2 is 1.09 bits per heavy atom. The number of hydrogen-bond donors (Lipinski definition) is 0. The highest BCUT2D eigenvalue weighted by molar-refractivity contribution is 6.10. The van der Waals surface area contributed by atoms with Gasteiger partial charge in [0.15, 0.2) is 0 Å². The van der Waals surface area contributed by atoms with Gasteiger partial charge in [0.1, 0.15) is 0 Å². The van der Waals surface area contributed by atoms with Crippen LogP contribution in [0.25, 0.3) is 94.8 Å². The van der Waals surface area contributed by atoms with Gasteiger partial charge >= 0.3 is 0 Å². The molecule has 76 heavy (non-hydrogen) atoms. The van der Waals surface area contributed by atoms with Gasteiger partial charge in [0.05, 0.1) is 32.9 Å². The summed E-state index contributed by atoms with van der Waals surface area (Å²) in [6, 6.07) is 84.8. The molecular weight excluding hydrogens is 919 g/mol. The number of aromatic nitrogens is 2. The normalized spacial score (nSPS) is 18.8. The Morgan fingerprint density at radius 3 is 1.88 bits per heavy atom. The van der Waals surface area contributed by atoms with Gasteiger partial charge in [0.25, 0.3) is 0 Å². The van der Waals surface area contributed by atoms with E-state index in [2.05, 4.69) is 283 Å². The quantitative estimate of drug-likeness (QED) is 0.162. The molecule has 3 nitrogen and oxygen atoms in total. The third kappa shape index (κ3) is 6.00. The summed E-state index contributed by atoms with van der Waals surface area (Å²) < 4.78 is 4.96. The minimum atomic E-state index is -0.514. The van der Waals surface area contributed by atoms with Crippen molar-refractivity contribution < 1.29 is 0 Å². The van der Waals surface area contributed by atoms with Crippen molar-refractivity contribution in [3.05, 3.63) is 281 Å². The number of fused-ring (bicyclic) bond motifs is 17. The molecule has 16 rings (SSSR count). The predicted octanol–water partition coefficient (Wildman–Crippen LogP) is 16.8. The average Bonchev–Trinajstić information content (AvgIpc) is 4.38. The van der Waals surface area contributed by atoms with Crippen LogP contribution < -0.4 is 15.5 Å². The molecule has 3 unspecified atom stereocenters. The Kier molecular flexibility index (Phi) is 9.19. The lowest BCUT2D eigenvalue weighted by Crippen LogP contribution is -2.48. The minimum absolute atomic E-state index is 0.466. The number of benzene rings is 10. The number of hydrogen-bond acceptors (Lipinski definition) is 1. The van der Waals surface area contributed by atoms with Crippen molar-refractivity contribution in [1.29, 1.82) is 0 Å². The van der Waals surface area contributed by atoms with E-state index >= 15 is 0 Å². The van der Waals surface area contributed by atoms with E-state index in [0.29, 0.717) is 5.92 Å². The summed E-state index contributed by atoms with van der Waals surface area (Å²) >= 11 is 0. The molecule has 0 fully saturated rings. The summed E-state index contributed by atoms with van der Waals surface area (Å²) in [6.45, 7) is 4.81. The summed E-state index contributed by atoms with van der Waals surface area (Å²) in [4.78, 5) is 2.66. The Balaban J connectivity index is 0.951. The van der Waals surface area contributed by atoms with Crippen molar-refractivity contribution in [2.45, 2.75) is 37.6 Å². The molecule has 12 aromatic rings. The third-order valence-corrected chi connectivity index (χ3v) is 17.6. The highest BCUT2D eigenvalue weighted by Gasteiger charge is 2.52. The zero-order valence-corrected chi connectivity index (χ0v) is 42.6. The van der Waals surface area contributed by atoms with Crippen molar-refractivity contribution in [3.8, 4) is 33.6 Å². The van der Waals surface area contributed by atoms with E-state index in [0.717, 1.165) is 35.6 Å². The maximum Gasteiger partial charge on any atom is 0.0725 e. The molecule has 0 amide bonds. The topological polar surface area (TPSA) is 13.1 Å². The predicted molar refractivity (Wildman–Crippen MR) is 319 cm³/mol. The molecule has 4 aliphatic rings. The first kappa shape index (κ1) is 43.2. The van der Waals surface area contributed by atoms with Crippen LogP contribution in [-0.2, 0) is 5.41 Å². The molecule has 3 heteroatoms.